The van der Waals surface area contributed by atoms with Crippen LogP contribution in [0.5, 0.6) is 0 Å². The van der Waals surface area contributed by atoms with Crippen LogP contribution in [-0.4, -0.2) is 22.8 Å². The molecule has 1 aromatic heterocycles. The Morgan fingerprint density at radius 1 is 1.79 bits per heavy atom. The highest BCUT2D eigenvalue weighted by molar-refractivity contribution is 5.03. The molecule has 0 spiro atoms. The van der Waals surface area contributed by atoms with Crippen molar-refractivity contribution in [1.29, 1.82) is 0 Å². The van der Waals surface area contributed by atoms with Gasteiger partial charge in [0.15, 0.2) is 0 Å². The second-order valence-electron chi connectivity index (χ2n) is 3.99. The van der Waals surface area contributed by atoms with Gasteiger partial charge in [-0.2, -0.15) is 0 Å². The summed E-state index contributed by atoms with van der Waals surface area (Å²) in [6.07, 6.45) is 4.86. The first-order valence-electron chi connectivity index (χ1n) is 5.10. The molecule has 0 saturated carbocycles. The number of ether oxygens (including phenoxy) is 1. The van der Waals surface area contributed by atoms with E-state index in [1.807, 2.05) is 19.4 Å². The van der Waals surface area contributed by atoms with Gasteiger partial charge in [-0.25, -0.2) is 4.98 Å². The molecule has 1 fully saturated rings. The van der Waals surface area contributed by atoms with E-state index in [0.717, 1.165) is 31.9 Å². The number of aromatic nitrogens is 2. The Balaban J connectivity index is 2.04. The molecule has 1 aliphatic heterocycles. The molecule has 1 aliphatic rings. The highest BCUT2D eigenvalue weighted by atomic mass is 16.5. The zero-order chi connectivity index (χ0) is 9.97. The van der Waals surface area contributed by atoms with Crippen molar-refractivity contribution >= 4 is 0 Å². The Morgan fingerprint density at radius 2 is 2.64 bits per heavy atom. The van der Waals surface area contributed by atoms with Crippen molar-refractivity contribution in [3.05, 3.63) is 18.2 Å². The van der Waals surface area contributed by atoms with Crippen LogP contribution < -0.4 is 5.73 Å². The first kappa shape index (κ1) is 9.68. The summed E-state index contributed by atoms with van der Waals surface area (Å²) < 4.78 is 7.48. The highest BCUT2D eigenvalue weighted by Crippen LogP contribution is 2.17. The first-order chi connectivity index (χ1) is 6.77. The summed E-state index contributed by atoms with van der Waals surface area (Å²) in [5.74, 6) is 0.627. The van der Waals surface area contributed by atoms with E-state index >= 15 is 0 Å². The lowest BCUT2D eigenvalue weighted by Gasteiger charge is -2.13. The maximum atomic E-state index is 5.84. The number of rotatable bonds is 3. The molecular formula is C10H17N3O. The molecular weight excluding hydrogens is 178 g/mol. The standard InChI is InChI=1S/C10H17N3O/c1-8(11)10-4-12-7-13(10)5-9-2-3-14-6-9/h4,7-9H,2-3,5-6,11H2,1H3/t8-,9?/m0/s1. The van der Waals surface area contributed by atoms with E-state index in [4.69, 9.17) is 10.5 Å². The van der Waals surface area contributed by atoms with Crippen molar-refractivity contribution in [2.75, 3.05) is 13.2 Å². The lowest BCUT2D eigenvalue weighted by atomic mass is 10.1. The first-order valence-corrected chi connectivity index (χ1v) is 5.10. The van der Waals surface area contributed by atoms with Crippen molar-refractivity contribution in [1.82, 2.24) is 9.55 Å². The van der Waals surface area contributed by atoms with Gasteiger partial charge in [0.1, 0.15) is 0 Å². The zero-order valence-corrected chi connectivity index (χ0v) is 8.52. The van der Waals surface area contributed by atoms with Gasteiger partial charge < -0.3 is 15.0 Å². The minimum Gasteiger partial charge on any atom is -0.381 e. The summed E-state index contributed by atoms with van der Waals surface area (Å²) in [6, 6.07) is 0.0554. The molecule has 1 unspecified atom stereocenters. The molecule has 2 rings (SSSR count). The molecule has 14 heavy (non-hydrogen) atoms. The lowest BCUT2D eigenvalue weighted by Crippen LogP contribution is -2.16. The quantitative estimate of drug-likeness (QED) is 0.781. The van der Waals surface area contributed by atoms with Crippen molar-refractivity contribution in [3.63, 3.8) is 0 Å². The van der Waals surface area contributed by atoms with Gasteiger partial charge in [-0.05, 0) is 13.3 Å². The normalized spacial score (nSPS) is 24.0. The molecule has 0 aliphatic carbocycles. The molecule has 4 nitrogen and oxygen atoms in total. The average Bonchev–Trinajstić information content (AvgIpc) is 2.75. The third kappa shape index (κ3) is 1.96. The topological polar surface area (TPSA) is 53.1 Å². The smallest absolute Gasteiger partial charge is 0.0948 e. The van der Waals surface area contributed by atoms with Gasteiger partial charge in [0.25, 0.3) is 0 Å². The Labute approximate surface area is 84.1 Å². The minimum absolute atomic E-state index is 0.0554. The number of nitrogens with two attached hydrogens (primary N) is 1. The third-order valence-electron chi connectivity index (χ3n) is 2.69. The third-order valence-corrected chi connectivity index (χ3v) is 2.69. The van der Waals surface area contributed by atoms with Gasteiger partial charge in [0, 0.05) is 31.3 Å². The van der Waals surface area contributed by atoms with E-state index in [1.165, 1.54) is 0 Å². The average molecular weight is 195 g/mol. The number of imidazole rings is 1. The van der Waals surface area contributed by atoms with Crippen LogP contribution in [0.1, 0.15) is 25.1 Å². The zero-order valence-electron chi connectivity index (χ0n) is 8.52. The maximum absolute atomic E-state index is 5.84. The maximum Gasteiger partial charge on any atom is 0.0948 e. The fraction of sp³-hybridized carbons (Fsp3) is 0.700. The number of nitrogens with zero attached hydrogens (tertiary/aromatic N) is 2. The van der Waals surface area contributed by atoms with Crippen LogP contribution in [0.15, 0.2) is 12.5 Å². The van der Waals surface area contributed by atoms with Gasteiger partial charge in [-0.15, -0.1) is 0 Å². The monoisotopic (exact) mass is 195 g/mol. The summed E-state index contributed by atoms with van der Waals surface area (Å²) in [5.41, 5.74) is 6.95. The Morgan fingerprint density at radius 3 is 3.29 bits per heavy atom. The van der Waals surface area contributed by atoms with Gasteiger partial charge in [-0.3, -0.25) is 0 Å². The Hall–Kier alpha value is -0.870. The van der Waals surface area contributed by atoms with Gasteiger partial charge in [0.05, 0.1) is 18.6 Å². The van der Waals surface area contributed by atoms with Crippen LogP contribution in [0.3, 0.4) is 0 Å². The highest BCUT2D eigenvalue weighted by Gasteiger charge is 2.17. The summed E-state index contributed by atoms with van der Waals surface area (Å²) in [5, 5.41) is 0. The van der Waals surface area contributed by atoms with E-state index in [9.17, 15) is 0 Å². The van der Waals surface area contributed by atoms with E-state index < -0.39 is 0 Å². The van der Waals surface area contributed by atoms with Gasteiger partial charge in [-0.1, -0.05) is 0 Å². The summed E-state index contributed by atoms with van der Waals surface area (Å²) in [6.45, 7) is 4.74. The predicted molar refractivity (Wildman–Crippen MR) is 53.8 cm³/mol. The van der Waals surface area contributed by atoms with Crippen LogP contribution in [0.2, 0.25) is 0 Å². The van der Waals surface area contributed by atoms with Crippen LogP contribution in [0.4, 0.5) is 0 Å². The summed E-state index contributed by atoms with van der Waals surface area (Å²) in [7, 11) is 0. The number of hydrogen-bond donors (Lipinski definition) is 1. The molecule has 0 amide bonds. The van der Waals surface area contributed by atoms with Crippen molar-refractivity contribution in [3.8, 4) is 0 Å². The molecule has 0 radical (unpaired) electrons. The van der Waals surface area contributed by atoms with Crippen molar-refractivity contribution in [2.24, 2.45) is 11.7 Å². The summed E-state index contributed by atoms with van der Waals surface area (Å²) >= 11 is 0. The molecule has 1 aromatic rings. The molecule has 0 aromatic carbocycles. The molecule has 1 saturated heterocycles. The predicted octanol–water partition coefficient (Wildman–Crippen LogP) is 0.939. The summed E-state index contributed by atoms with van der Waals surface area (Å²) in [4.78, 5) is 4.13. The molecule has 78 valence electrons. The molecule has 2 heterocycles. The molecule has 2 N–H and O–H groups in total. The lowest BCUT2D eigenvalue weighted by molar-refractivity contribution is 0.182. The van der Waals surface area contributed by atoms with E-state index in [2.05, 4.69) is 9.55 Å². The van der Waals surface area contributed by atoms with Crippen LogP contribution in [0, 0.1) is 5.92 Å². The van der Waals surface area contributed by atoms with Crippen LogP contribution in [0.25, 0.3) is 0 Å². The van der Waals surface area contributed by atoms with Crippen molar-refractivity contribution in [2.45, 2.75) is 25.9 Å². The molecule has 4 heteroatoms. The minimum atomic E-state index is 0.0554. The van der Waals surface area contributed by atoms with Gasteiger partial charge in [0.2, 0.25) is 0 Å². The number of hydrogen-bond acceptors (Lipinski definition) is 3. The largest absolute Gasteiger partial charge is 0.381 e. The Bertz CT molecular complexity index is 289. The molecule has 2 atom stereocenters. The molecule has 0 bridgehead atoms. The van der Waals surface area contributed by atoms with Crippen molar-refractivity contribution < 1.29 is 4.74 Å². The Kier molecular flexibility index (Phi) is 2.84. The fourth-order valence-corrected chi connectivity index (χ4v) is 1.87. The van der Waals surface area contributed by atoms with E-state index in [0.29, 0.717) is 5.92 Å². The second-order valence-corrected chi connectivity index (χ2v) is 3.99. The second kappa shape index (κ2) is 4.11. The van der Waals surface area contributed by atoms with Crippen LogP contribution in [-0.2, 0) is 11.3 Å². The SMILES string of the molecule is C[C@H](N)c1cncn1CC1CCOC1. The van der Waals surface area contributed by atoms with Gasteiger partial charge >= 0.3 is 0 Å². The van der Waals surface area contributed by atoms with Crippen LogP contribution >= 0.6 is 0 Å². The fourth-order valence-electron chi connectivity index (χ4n) is 1.87. The van der Waals surface area contributed by atoms with E-state index in [1.54, 1.807) is 0 Å². The van der Waals surface area contributed by atoms with E-state index in [-0.39, 0.29) is 6.04 Å².